The Labute approximate surface area is 217 Å². The standard InChI is InChI=1S/C31H24N2O3S/c1-19(2)22-13-8-14-27-28(22)32-31(37-27)33(18-20-9-4-3-5-10-20)29(34)25-17-24-23-12-7-6-11-21(23)15-16-26(24)36-30(25)35/h3-17,19H,18H2,1-2H3. The fourth-order valence-corrected chi connectivity index (χ4v) is 5.70. The van der Waals surface area contributed by atoms with Gasteiger partial charge in [0.05, 0.1) is 16.8 Å². The van der Waals surface area contributed by atoms with E-state index in [0.29, 0.717) is 10.7 Å². The molecule has 0 aliphatic heterocycles. The van der Waals surface area contributed by atoms with E-state index in [9.17, 15) is 9.59 Å². The van der Waals surface area contributed by atoms with Crippen molar-refractivity contribution in [2.24, 2.45) is 0 Å². The Balaban J connectivity index is 1.52. The molecule has 1 amide bonds. The normalized spacial score (nSPS) is 11.5. The second kappa shape index (κ2) is 9.30. The lowest BCUT2D eigenvalue weighted by Gasteiger charge is -2.20. The van der Waals surface area contributed by atoms with Gasteiger partial charge < -0.3 is 4.42 Å². The number of benzene rings is 4. The Bertz CT molecular complexity index is 1840. The number of anilines is 1. The van der Waals surface area contributed by atoms with E-state index in [2.05, 4.69) is 19.9 Å². The van der Waals surface area contributed by atoms with Gasteiger partial charge in [0.15, 0.2) is 5.13 Å². The Hall–Kier alpha value is -4.29. The van der Waals surface area contributed by atoms with E-state index < -0.39 is 11.5 Å². The number of nitrogens with zero attached hydrogens (tertiary/aromatic N) is 2. The fraction of sp³-hybridized carbons (Fsp3) is 0.129. The number of carbonyl (C=O) groups excluding carboxylic acids is 1. The van der Waals surface area contributed by atoms with Crippen LogP contribution >= 0.6 is 11.3 Å². The highest BCUT2D eigenvalue weighted by molar-refractivity contribution is 7.22. The van der Waals surface area contributed by atoms with Crippen LogP contribution in [-0.4, -0.2) is 10.9 Å². The van der Waals surface area contributed by atoms with Crippen LogP contribution in [0.15, 0.2) is 100 Å². The van der Waals surface area contributed by atoms with Gasteiger partial charge in [-0.2, -0.15) is 0 Å². The Morgan fingerprint density at radius 3 is 2.51 bits per heavy atom. The quantitative estimate of drug-likeness (QED) is 0.180. The second-order valence-electron chi connectivity index (χ2n) is 9.37. The van der Waals surface area contributed by atoms with Crippen molar-refractivity contribution in [3.8, 4) is 0 Å². The van der Waals surface area contributed by atoms with E-state index in [4.69, 9.17) is 9.40 Å². The molecular weight excluding hydrogens is 480 g/mol. The molecule has 0 aliphatic rings. The molecule has 5 nitrogen and oxygen atoms in total. The summed E-state index contributed by atoms with van der Waals surface area (Å²) < 4.78 is 6.65. The van der Waals surface area contributed by atoms with Gasteiger partial charge in [-0.25, -0.2) is 9.78 Å². The summed E-state index contributed by atoms with van der Waals surface area (Å²) in [5, 5.41) is 3.21. The lowest BCUT2D eigenvalue weighted by molar-refractivity contribution is 0.0981. The van der Waals surface area contributed by atoms with E-state index in [-0.39, 0.29) is 18.0 Å². The molecule has 2 heterocycles. The number of thiazole rings is 1. The molecular formula is C31H24N2O3S. The fourth-order valence-electron chi connectivity index (χ4n) is 4.70. The van der Waals surface area contributed by atoms with Crippen molar-refractivity contribution in [2.45, 2.75) is 26.3 Å². The first-order valence-corrected chi connectivity index (χ1v) is 13.0. The minimum Gasteiger partial charge on any atom is -0.422 e. The highest BCUT2D eigenvalue weighted by Gasteiger charge is 2.26. The van der Waals surface area contributed by atoms with E-state index >= 15 is 0 Å². The number of rotatable bonds is 5. The summed E-state index contributed by atoms with van der Waals surface area (Å²) in [5.41, 5.74) is 2.74. The van der Waals surface area contributed by atoms with Crippen LogP contribution in [0.3, 0.4) is 0 Å². The van der Waals surface area contributed by atoms with Gasteiger partial charge in [-0.3, -0.25) is 9.69 Å². The van der Waals surface area contributed by atoms with Gasteiger partial charge in [-0.15, -0.1) is 0 Å². The highest BCUT2D eigenvalue weighted by atomic mass is 32.1. The summed E-state index contributed by atoms with van der Waals surface area (Å²) in [7, 11) is 0. The van der Waals surface area contributed by atoms with Crippen molar-refractivity contribution < 1.29 is 9.21 Å². The first kappa shape index (κ1) is 23.1. The van der Waals surface area contributed by atoms with Crippen molar-refractivity contribution in [1.82, 2.24) is 4.98 Å². The lowest BCUT2D eigenvalue weighted by atomic mass is 10.0. The molecule has 0 saturated carbocycles. The van der Waals surface area contributed by atoms with Gasteiger partial charge in [0.25, 0.3) is 5.91 Å². The summed E-state index contributed by atoms with van der Waals surface area (Å²) in [5.74, 6) is -0.143. The molecule has 2 aromatic heterocycles. The van der Waals surface area contributed by atoms with Gasteiger partial charge >= 0.3 is 5.63 Å². The Morgan fingerprint density at radius 1 is 0.919 bits per heavy atom. The third-order valence-corrected chi connectivity index (χ3v) is 7.64. The number of fused-ring (bicyclic) bond motifs is 4. The zero-order chi connectivity index (χ0) is 25.5. The maximum absolute atomic E-state index is 14.1. The number of aromatic nitrogens is 1. The molecule has 6 rings (SSSR count). The van der Waals surface area contributed by atoms with Crippen molar-refractivity contribution >= 4 is 54.3 Å². The topological polar surface area (TPSA) is 63.4 Å². The van der Waals surface area contributed by atoms with Crippen LogP contribution in [0.1, 0.15) is 41.3 Å². The maximum Gasteiger partial charge on any atom is 0.349 e. The van der Waals surface area contributed by atoms with Crippen LogP contribution in [0.2, 0.25) is 0 Å². The first-order chi connectivity index (χ1) is 18.0. The average molecular weight is 505 g/mol. The van der Waals surface area contributed by atoms with E-state index in [0.717, 1.165) is 37.5 Å². The molecule has 37 heavy (non-hydrogen) atoms. The zero-order valence-corrected chi connectivity index (χ0v) is 21.3. The van der Waals surface area contributed by atoms with Gasteiger partial charge in [-0.1, -0.05) is 98.0 Å². The number of hydrogen-bond acceptors (Lipinski definition) is 5. The van der Waals surface area contributed by atoms with Crippen LogP contribution in [-0.2, 0) is 6.54 Å². The average Bonchev–Trinajstić information content (AvgIpc) is 3.35. The van der Waals surface area contributed by atoms with Crippen molar-refractivity contribution in [1.29, 1.82) is 0 Å². The number of hydrogen-bond donors (Lipinski definition) is 0. The monoisotopic (exact) mass is 504 g/mol. The van der Waals surface area contributed by atoms with E-state index in [1.54, 1.807) is 17.0 Å². The zero-order valence-electron chi connectivity index (χ0n) is 20.5. The van der Waals surface area contributed by atoms with Crippen LogP contribution < -0.4 is 10.5 Å². The van der Waals surface area contributed by atoms with Crippen LogP contribution in [0.25, 0.3) is 32.0 Å². The van der Waals surface area contributed by atoms with Crippen molar-refractivity contribution in [3.05, 3.63) is 118 Å². The van der Waals surface area contributed by atoms with E-state index in [1.165, 1.54) is 11.3 Å². The second-order valence-corrected chi connectivity index (χ2v) is 10.4. The Morgan fingerprint density at radius 2 is 1.70 bits per heavy atom. The molecule has 4 aromatic carbocycles. The van der Waals surface area contributed by atoms with Crippen LogP contribution in [0.5, 0.6) is 0 Å². The molecule has 0 bridgehead atoms. The molecule has 0 spiro atoms. The SMILES string of the molecule is CC(C)c1cccc2sc(N(Cc3ccccc3)C(=O)c3cc4c(ccc5ccccc54)oc3=O)nc12. The van der Waals surface area contributed by atoms with Crippen molar-refractivity contribution in [2.75, 3.05) is 4.90 Å². The summed E-state index contributed by atoms with van der Waals surface area (Å²) >= 11 is 1.45. The van der Waals surface area contributed by atoms with Gasteiger partial charge in [0, 0.05) is 5.39 Å². The molecule has 0 atom stereocenters. The van der Waals surface area contributed by atoms with Crippen LogP contribution in [0, 0.1) is 0 Å². The molecule has 6 aromatic rings. The number of para-hydroxylation sites is 1. The predicted molar refractivity (Wildman–Crippen MR) is 151 cm³/mol. The minimum absolute atomic E-state index is 0.0110. The smallest absolute Gasteiger partial charge is 0.349 e. The first-order valence-electron chi connectivity index (χ1n) is 12.2. The number of amides is 1. The third-order valence-electron chi connectivity index (χ3n) is 6.59. The number of carbonyl (C=O) groups is 1. The molecule has 0 unspecified atom stereocenters. The minimum atomic E-state index is -0.658. The molecule has 0 fully saturated rings. The van der Waals surface area contributed by atoms with E-state index in [1.807, 2.05) is 72.8 Å². The molecule has 6 heteroatoms. The predicted octanol–water partition coefficient (Wildman–Crippen LogP) is 7.53. The van der Waals surface area contributed by atoms with Gasteiger partial charge in [0.1, 0.15) is 11.1 Å². The lowest BCUT2D eigenvalue weighted by Crippen LogP contribution is -2.33. The highest BCUT2D eigenvalue weighted by Crippen LogP contribution is 2.35. The summed E-state index contributed by atoms with van der Waals surface area (Å²) in [6.07, 6.45) is 0. The molecule has 0 aliphatic carbocycles. The summed E-state index contributed by atoms with van der Waals surface area (Å²) in [6.45, 7) is 4.54. The maximum atomic E-state index is 14.1. The summed E-state index contributed by atoms with van der Waals surface area (Å²) in [4.78, 5) is 33.7. The molecule has 0 radical (unpaired) electrons. The third kappa shape index (κ3) is 4.19. The molecule has 0 N–H and O–H groups in total. The van der Waals surface area contributed by atoms with Crippen molar-refractivity contribution in [3.63, 3.8) is 0 Å². The molecule has 0 saturated heterocycles. The molecule has 182 valence electrons. The van der Waals surface area contributed by atoms with Gasteiger partial charge in [0.2, 0.25) is 0 Å². The van der Waals surface area contributed by atoms with Gasteiger partial charge in [-0.05, 0) is 46.0 Å². The Kier molecular flexibility index (Phi) is 5.81. The van der Waals surface area contributed by atoms with Crippen LogP contribution in [0.4, 0.5) is 5.13 Å². The summed E-state index contributed by atoms with van der Waals surface area (Å²) in [6, 6.07) is 29.0. The largest absolute Gasteiger partial charge is 0.422 e.